The fourth-order valence-electron chi connectivity index (χ4n) is 4.08. The van der Waals surface area contributed by atoms with Crippen molar-refractivity contribution in [3.63, 3.8) is 0 Å². The number of carbonyl (C=O) groups excluding carboxylic acids is 1. The van der Waals surface area contributed by atoms with Crippen LogP contribution in [0.2, 0.25) is 0 Å². The van der Waals surface area contributed by atoms with E-state index in [9.17, 15) is 9.90 Å². The molecule has 1 aromatic rings. The van der Waals surface area contributed by atoms with Gasteiger partial charge < -0.3 is 9.84 Å². The van der Waals surface area contributed by atoms with E-state index in [1.165, 1.54) is 12.8 Å². The SMILES string of the molecule is CCN1[C@@H]2CC[C@H]1CC(OC(=O)[C@H](CO)c1ccccc1)C2. The molecule has 4 atom stereocenters. The molecular formula is C18H25NO3. The minimum absolute atomic E-state index is 0.00515. The van der Waals surface area contributed by atoms with Crippen molar-refractivity contribution in [1.29, 1.82) is 0 Å². The van der Waals surface area contributed by atoms with Crippen molar-refractivity contribution in [2.75, 3.05) is 13.2 Å². The maximum atomic E-state index is 12.4. The Hall–Kier alpha value is -1.39. The van der Waals surface area contributed by atoms with Crippen LogP contribution in [0.3, 0.4) is 0 Å². The molecule has 2 saturated heterocycles. The van der Waals surface area contributed by atoms with Crippen LogP contribution < -0.4 is 0 Å². The van der Waals surface area contributed by atoms with Crippen LogP contribution in [0.15, 0.2) is 30.3 Å². The van der Waals surface area contributed by atoms with E-state index in [1.807, 2.05) is 30.3 Å². The molecule has 0 aromatic heterocycles. The second-order valence-electron chi connectivity index (χ2n) is 6.39. The van der Waals surface area contributed by atoms with Crippen LogP contribution in [-0.2, 0) is 9.53 Å². The van der Waals surface area contributed by atoms with Gasteiger partial charge in [0.15, 0.2) is 0 Å². The number of aliphatic hydroxyl groups excluding tert-OH is 1. The van der Waals surface area contributed by atoms with Crippen LogP contribution >= 0.6 is 0 Å². The molecular weight excluding hydrogens is 278 g/mol. The van der Waals surface area contributed by atoms with Crippen LogP contribution in [0.1, 0.15) is 44.1 Å². The summed E-state index contributed by atoms with van der Waals surface area (Å²) >= 11 is 0. The van der Waals surface area contributed by atoms with Gasteiger partial charge in [0.25, 0.3) is 0 Å². The number of benzene rings is 1. The van der Waals surface area contributed by atoms with E-state index in [0.717, 1.165) is 24.9 Å². The Bertz CT molecular complexity index is 490. The fraction of sp³-hybridized carbons (Fsp3) is 0.611. The largest absolute Gasteiger partial charge is 0.462 e. The third kappa shape index (κ3) is 3.03. The van der Waals surface area contributed by atoms with Crippen LogP contribution in [0.4, 0.5) is 0 Å². The van der Waals surface area contributed by atoms with Gasteiger partial charge >= 0.3 is 5.97 Å². The van der Waals surface area contributed by atoms with E-state index < -0.39 is 5.92 Å². The lowest BCUT2D eigenvalue weighted by Crippen LogP contribution is -2.46. The molecule has 0 saturated carbocycles. The monoisotopic (exact) mass is 303 g/mol. The molecule has 0 radical (unpaired) electrons. The average Bonchev–Trinajstić information content (AvgIpc) is 2.79. The van der Waals surface area contributed by atoms with E-state index in [0.29, 0.717) is 12.1 Å². The van der Waals surface area contributed by atoms with E-state index >= 15 is 0 Å². The van der Waals surface area contributed by atoms with Crippen molar-refractivity contribution >= 4 is 5.97 Å². The minimum atomic E-state index is -0.567. The molecule has 0 amide bonds. The molecule has 2 bridgehead atoms. The summed E-state index contributed by atoms with van der Waals surface area (Å²) in [6, 6.07) is 10.5. The predicted molar refractivity (Wildman–Crippen MR) is 84.6 cm³/mol. The number of aliphatic hydroxyl groups is 1. The number of rotatable bonds is 5. The van der Waals surface area contributed by atoms with Gasteiger partial charge in [0.2, 0.25) is 0 Å². The molecule has 22 heavy (non-hydrogen) atoms. The Morgan fingerprint density at radius 2 is 1.91 bits per heavy atom. The third-order valence-corrected chi connectivity index (χ3v) is 5.16. The normalized spacial score (nSPS) is 29.3. The van der Waals surface area contributed by atoms with Gasteiger partial charge in [0.1, 0.15) is 12.0 Å². The molecule has 120 valence electrons. The van der Waals surface area contributed by atoms with E-state index in [2.05, 4.69) is 11.8 Å². The molecule has 4 nitrogen and oxygen atoms in total. The van der Waals surface area contributed by atoms with Crippen LogP contribution in [0.5, 0.6) is 0 Å². The second-order valence-corrected chi connectivity index (χ2v) is 6.39. The first-order valence-corrected chi connectivity index (χ1v) is 8.35. The molecule has 3 rings (SSSR count). The van der Waals surface area contributed by atoms with Gasteiger partial charge in [-0.2, -0.15) is 0 Å². The standard InChI is InChI=1S/C18H25NO3/c1-2-19-14-8-9-15(19)11-16(10-14)22-18(21)17(12-20)13-6-4-3-5-7-13/h3-7,14-17,20H,2,8-12H2,1H3/t14-,15+,16?,17-/m1/s1. The number of ether oxygens (including phenoxy) is 1. The Kier molecular flexibility index (Phi) is 4.79. The third-order valence-electron chi connectivity index (χ3n) is 5.16. The highest BCUT2D eigenvalue weighted by atomic mass is 16.5. The summed E-state index contributed by atoms with van der Waals surface area (Å²) in [5.74, 6) is -0.855. The molecule has 1 unspecified atom stereocenters. The maximum Gasteiger partial charge on any atom is 0.316 e. The molecule has 1 aromatic carbocycles. The summed E-state index contributed by atoms with van der Waals surface area (Å²) < 4.78 is 5.75. The number of fused-ring (bicyclic) bond motifs is 2. The molecule has 0 spiro atoms. The first kappa shape index (κ1) is 15.5. The predicted octanol–water partition coefficient (Wildman–Crippen LogP) is 2.32. The van der Waals surface area contributed by atoms with Crippen molar-refractivity contribution in [1.82, 2.24) is 4.90 Å². The molecule has 4 heteroatoms. The van der Waals surface area contributed by atoms with Gasteiger partial charge in [-0.1, -0.05) is 37.3 Å². The van der Waals surface area contributed by atoms with E-state index in [1.54, 1.807) is 0 Å². The van der Waals surface area contributed by atoms with Crippen molar-refractivity contribution in [3.8, 4) is 0 Å². The summed E-state index contributed by atoms with van der Waals surface area (Å²) in [6.07, 6.45) is 4.31. The van der Waals surface area contributed by atoms with Crippen LogP contribution in [0.25, 0.3) is 0 Å². The zero-order chi connectivity index (χ0) is 15.5. The molecule has 2 aliphatic heterocycles. The van der Waals surface area contributed by atoms with Crippen molar-refractivity contribution < 1.29 is 14.6 Å². The number of hydrogen-bond donors (Lipinski definition) is 1. The van der Waals surface area contributed by atoms with Crippen LogP contribution in [-0.4, -0.2) is 47.3 Å². The van der Waals surface area contributed by atoms with Gasteiger partial charge in [-0.15, -0.1) is 0 Å². The topological polar surface area (TPSA) is 49.8 Å². The summed E-state index contributed by atoms with van der Waals surface area (Å²) in [6.45, 7) is 3.08. The van der Waals surface area contributed by atoms with Gasteiger partial charge in [0, 0.05) is 24.9 Å². The summed E-state index contributed by atoms with van der Waals surface area (Å²) in [4.78, 5) is 15.0. The Morgan fingerprint density at radius 3 is 2.45 bits per heavy atom. The van der Waals surface area contributed by atoms with Gasteiger partial charge in [-0.05, 0) is 24.9 Å². The summed E-state index contributed by atoms with van der Waals surface area (Å²) in [5, 5.41) is 9.57. The maximum absolute atomic E-state index is 12.4. The molecule has 0 aliphatic carbocycles. The number of piperidine rings is 1. The molecule has 2 fully saturated rings. The fourth-order valence-corrected chi connectivity index (χ4v) is 4.08. The smallest absolute Gasteiger partial charge is 0.316 e. The second kappa shape index (κ2) is 6.80. The number of hydrogen-bond acceptors (Lipinski definition) is 4. The molecule has 1 N–H and O–H groups in total. The Balaban J connectivity index is 1.62. The van der Waals surface area contributed by atoms with Crippen LogP contribution in [0, 0.1) is 0 Å². The minimum Gasteiger partial charge on any atom is -0.462 e. The lowest BCUT2D eigenvalue weighted by atomic mass is 9.98. The Morgan fingerprint density at radius 1 is 1.27 bits per heavy atom. The number of nitrogens with zero attached hydrogens (tertiary/aromatic N) is 1. The molecule has 2 aliphatic rings. The highest BCUT2D eigenvalue weighted by Crippen LogP contribution is 2.37. The van der Waals surface area contributed by atoms with Crippen molar-refractivity contribution in [2.45, 2.75) is 56.7 Å². The first-order chi connectivity index (χ1) is 10.7. The zero-order valence-corrected chi connectivity index (χ0v) is 13.1. The van der Waals surface area contributed by atoms with E-state index in [4.69, 9.17) is 4.74 Å². The Labute approximate surface area is 132 Å². The van der Waals surface area contributed by atoms with Crippen molar-refractivity contribution in [3.05, 3.63) is 35.9 Å². The number of esters is 1. The quantitative estimate of drug-likeness (QED) is 0.848. The summed E-state index contributed by atoms with van der Waals surface area (Å²) in [5.41, 5.74) is 0.823. The zero-order valence-electron chi connectivity index (χ0n) is 13.1. The van der Waals surface area contributed by atoms with Crippen molar-refractivity contribution in [2.24, 2.45) is 0 Å². The van der Waals surface area contributed by atoms with Gasteiger partial charge in [-0.3, -0.25) is 9.69 Å². The summed E-state index contributed by atoms with van der Waals surface area (Å²) in [7, 11) is 0. The lowest BCUT2D eigenvalue weighted by molar-refractivity contribution is -0.155. The van der Waals surface area contributed by atoms with Gasteiger partial charge in [-0.25, -0.2) is 0 Å². The average molecular weight is 303 g/mol. The van der Waals surface area contributed by atoms with E-state index in [-0.39, 0.29) is 18.7 Å². The first-order valence-electron chi connectivity index (χ1n) is 8.35. The van der Waals surface area contributed by atoms with Gasteiger partial charge in [0.05, 0.1) is 6.61 Å². The lowest BCUT2D eigenvalue weighted by Gasteiger charge is -2.38. The highest BCUT2D eigenvalue weighted by Gasteiger charge is 2.41. The number of carbonyl (C=O) groups is 1. The molecule has 2 heterocycles. The highest BCUT2D eigenvalue weighted by molar-refractivity contribution is 5.78.